The van der Waals surface area contributed by atoms with Crippen molar-refractivity contribution >= 4 is 11.7 Å². The van der Waals surface area contributed by atoms with E-state index in [1.807, 2.05) is 24.3 Å². The van der Waals surface area contributed by atoms with Crippen LogP contribution in [-0.4, -0.2) is 67.3 Å². The summed E-state index contributed by atoms with van der Waals surface area (Å²) in [5, 5.41) is 6.11. The van der Waals surface area contributed by atoms with Crippen molar-refractivity contribution in [3.63, 3.8) is 0 Å². The highest BCUT2D eigenvalue weighted by Crippen LogP contribution is 2.18. The molecule has 1 aliphatic heterocycles. The molecule has 0 saturated carbocycles. The van der Waals surface area contributed by atoms with Crippen LogP contribution in [0.5, 0.6) is 5.75 Å². The maximum absolute atomic E-state index is 12.3. The number of carbonyl (C=O) groups is 1. The molecule has 1 fully saturated rings. The predicted molar refractivity (Wildman–Crippen MR) is 102 cm³/mol. The lowest BCUT2D eigenvalue weighted by atomic mass is 10.2. The number of nitrogens with one attached hydrogen (secondary N) is 2. The summed E-state index contributed by atoms with van der Waals surface area (Å²) in [5.74, 6) is 1.19. The molecule has 1 amide bonds. The molecule has 1 aromatic carbocycles. The molecule has 1 saturated heterocycles. The summed E-state index contributed by atoms with van der Waals surface area (Å²) in [6.45, 7) is 5.23. The van der Waals surface area contributed by atoms with Crippen molar-refractivity contribution in [3.8, 4) is 5.75 Å². The summed E-state index contributed by atoms with van der Waals surface area (Å²) in [6.07, 6.45) is 1.39. The second-order valence-corrected chi connectivity index (χ2v) is 6.16. The normalized spacial score (nSPS) is 14.6. The molecule has 0 atom stereocenters. The standard InChI is InChI=1S/C19H25N5O3/c1-26-17-5-3-2-4-15(17)13-21-18-12-16(22-14-23-18)19(25)20-6-7-24-8-10-27-11-9-24/h2-5,12,14H,6-11,13H2,1H3,(H,20,25)(H,21,22,23). The van der Waals surface area contributed by atoms with Gasteiger partial charge in [0.25, 0.3) is 5.91 Å². The highest BCUT2D eigenvalue weighted by Gasteiger charge is 2.12. The third kappa shape index (κ3) is 5.63. The molecule has 2 aromatic rings. The minimum absolute atomic E-state index is 0.203. The fraction of sp³-hybridized carbons (Fsp3) is 0.421. The van der Waals surface area contributed by atoms with Crippen molar-refractivity contribution in [1.82, 2.24) is 20.2 Å². The van der Waals surface area contributed by atoms with Gasteiger partial charge in [-0.25, -0.2) is 9.97 Å². The SMILES string of the molecule is COc1ccccc1CNc1cc(C(=O)NCCN2CCOCC2)ncn1. The lowest BCUT2D eigenvalue weighted by Gasteiger charge is -2.26. The molecular weight excluding hydrogens is 346 g/mol. The largest absolute Gasteiger partial charge is 0.496 e. The van der Waals surface area contributed by atoms with Crippen molar-refractivity contribution in [2.45, 2.75) is 6.54 Å². The van der Waals surface area contributed by atoms with Gasteiger partial charge >= 0.3 is 0 Å². The Hall–Kier alpha value is -2.71. The van der Waals surface area contributed by atoms with E-state index in [-0.39, 0.29) is 5.91 Å². The first-order valence-electron chi connectivity index (χ1n) is 9.02. The zero-order chi connectivity index (χ0) is 18.9. The Morgan fingerprint density at radius 1 is 1.26 bits per heavy atom. The van der Waals surface area contributed by atoms with E-state index in [4.69, 9.17) is 9.47 Å². The van der Waals surface area contributed by atoms with E-state index in [1.165, 1.54) is 6.33 Å². The average Bonchev–Trinajstić information content (AvgIpc) is 2.73. The van der Waals surface area contributed by atoms with Gasteiger partial charge in [-0.3, -0.25) is 9.69 Å². The third-order valence-corrected chi connectivity index (χ3v) is 4.37. The van der Waals surface area contributed by atoms with E-state index < -0.39 is 0 Å². The number of para-hydroxylation sites is 1. The topological polar surface area (TPSA) is 88.6 Å². The molecule has 0 radical (unpaired) electrons. The van der Waals surface area contributed by atoms with Crippen LogP contribution in [0.2, 0.25) is 0 Å². The van der Waals surface area contributed by atoms with Crippen molar-refractivity contribution in [2.24, 2.45) is 0 Å². The molecule has 0 spiro atoms. The molecule has 3 rings (SSSR count). The number of hydrogen-bond acceptors (Lipinski definition) is 7. The summed E-state index contributed by atoms with van der Waals surface area (Å²) in [7, 11) is 1.64. The number of rotatable bonds is 8. The van der Waals surface area contributed by atoms with Crippen LogP contribution in [0.25, 0.3) is 0 Å². The number of carbonyl (C=O) groups excluding carboxylic acids is 1. The number of ether oxygens (including phenoxy) is 2. The average molecular weight is 371 g/mol. The number of nitrogens with zero attached hydrogens (tertiary/aromatic N) is 3. The van der Waals surface area contributed by atoms with E-state index in [2.05, 4.69) is 25.5 Å². The van der Waals surface area contributed by atoms with Crippen molar-refractivity contribution in [2.75, 3.05) is 51.8 Å². The van der Waals surface area contributed by atoms with Gasteiger partial charge in [0.1, 0.15) is 23.6 Å². The molecule has 1 aliphatic rings. The number of benzene rings is 1. The van der Waals surface area contributed by atoms with E-state index in [0.717, 1.165) is 44.2 Å². The first-order valence-corrected chi connectivity index (χ1v) is 9.02. The minimum atomic E-state index is -0.203. The first kappa shape index (κ1) is 19.1. The van der Waals surface area contributed by atoms with E-state index >= 15 is 0 Å². The van der Waals surface area contributed by atoms with Crippen LogP contribution in [0.1, 0.15) is 16.1 Å². The van der Waals surface area contributed by atoms with Gasteiger partial charge in [0.2, 0.25) is 0 Å². The zero-order valence-corrected chi connectivity index (χ0v) is 15.5. The Labute approximate surface area is 158 Å². The van der Waals surface area contributed by atoms with Crippen LogP contribution in [0.4, 0.5) is 5.82 Å². The molecule has 8 heteroatoms. The molecule has 8 nitrogen and oxygen atoms in total. The van der Waals surface area contributed by atoms with E-state index in [9.17, 15) is 4.79 Å². The lowest BCUT2D eigenvalue weighted by molar-refractivity contribution is 0.0383. The minimum Gasteiger partial charge on any atom is -0.496 e. The molecule has 144 valence electrons. The Morgan fingerprint density at radius 3 is 2.89 bits per heavy atom. The van der Waals surface area contributed by atoms with Crippen LogP contribution < -0.4 is 15.4 Å². The van der Waals surface area contributed by atoms with Gasteiger partial charge in [-0.1, -0.05) is 18.2 Å². The molecular formula is C19H25N5O3. The highest BCUT2D eigenvalue weighted by molar-refractivity contribution is 5.92. The number of amides is 1. The van der Waals surface area contributed by atoms with Gasteiger partial charge in [0.15, 0.2) is 0 Å². The number of methoxy groups -OCH3 is 1. The second kappa shape index (κ2) is 9.84. The van der Waals surface area contributed by atoms with E-state index in [1.54, 1.807) is 13.2 Å². The number of aromatic nitrogens is 2. The zero-order valence-electron chi connectivity index (χ0n) is 15.5. The Bertz CT molecular complexity index is 750. The Morgan fingerprint density at radius 2 is 2.07 bits per heavy atom. The van der Waals surface area contributed by atoms with Crippen molar-refractivity contribution in [3.05, 3.63) is 47.9 Å². The Balaban J connectivity index is 1.50. The maximum Gasteiger partial charge on any atom is 0.270 e. The first-order chi connectivity index (χ1) is 13.3. The fourth-order valence-electron chi connectivity index (χ4n) is 2.86. The molecule has 1 aromatic heterocycles. The maximum atomic E-state index is 12.3. The molecule has 0 aliphatic carbocycles. The Kier molecular flexibility index (Phi) is 6.95. The van der Waals surface area contributed by atoms with Crippen LogP contribution >= 0.6 is 0 Å². The third-order valence-electron chi connectivity index (χ3n) is 4.37. The fourth-order valence-corrected chi connectivity index (χ4v) is 2.86. The highest BCUT2D eigenvalue weighted by atomic mass is 16.5. The van der Waals surface area contributed by atoms with Gasteiger partial charge in [-0.2, -0.15) is 0 Å². The van der Waals surface area contributed by atoms with Gasteiger partial charge in [0, 0.05) is 44.4 Å². The summed E-state index contributed by atoms with van der Waals surface area (Å²) in [6, 6.07) is 9.41. The van der Waals surface area contributed by atoms with E-state index in [0.29, 0.717) is 24.6 Å². The number of hydrogen-bond donors (Lipinski definition) is 2. The van der Waals surface area contributed by atoms with Crippen molar-refractivity contribution in [1.29, 1.82) is 0 Å². The summed E-state index contributed by atoms with van der Waals surface area (Å²) in [5.41, 5.74) is 1.35. The van der Waals surface area contributed by atoms with Gasteiger partial charge in [0.05, 0.1) is 20.3 Å². The van der Waals surface area contributed by atoms with Crippen molar-refractivity contribution < 1.29 is 14.3 Å². The van der Waals surface area contributed by atoms with Gasteiger partial charge < -0.3 is 20.1 Å². The number of anilines is 1. The molecule has 27 heavy (non-hydrogen) atoms. The van der Waals surface area contributed by atoms with Gasteiger partial charge in [-0.05, 0) is 6.07 Å². The lowest BCUT2D eigenvalue weighted by Crippen LogP contribution is -2.41. The predicted octanol–water partition coefficient (Wildman–Crippen LogP) is 1.16. The van der Waals surface area contributed by atoms with Crippen LogP contribution in [-0.2, 0) is 11.3 Å². The molecule has 0 unspecified atom stereocenters. The monoisotopic (exact) mass is 371 g/mol. The van der Waals surface area contributed by atoms with Crippen LogP contribution in [0.15, 0.2) is 36.7 Å². The summed E-state index contributed by atoms with van der Waals surface area (Å²) in [4.78, 5) is 22.8. The van der Waals surface area contributed by atoms with Gasteiger partial charge in [-0.15, -0.1) is 0 Å². The molecule has 2 heterocycles. The summed E-state index contributed by atoms with van der Waals surface area (Å²) >= 11 is 0. The molecule has 0 bridgehead atoms. The summed E-state index contributed by atoms with van der Waals surface area (Å²) < 4.78 is 10.7. The quantitative estimate of drug-likeness (QED) is 0.720. The van der Waals surface area contributed by atoms with Crippen LogP contribution in [0.3, 0.4) is 0 Å². The molecule has 2 N–H and O–H groups in total. The van der Waals surface area contributed by atoms with Crippen LogP contribution in [0, 0.1) is 0 Å². The smallest absolute Gasteiger partial charge is 0.270 e. The number of morpholine rings is 1. The second-order valence-electron chi connectivity index (χ2n) is 6.16.